The number of sulfonamides is 1. The Bertz CT molecular complexity index is 850. The first-order valence-electron chi connectivity index (χ1n) is 9.55. The summed E-state index contributed by atoms with van der Waals surface area (Å²) in [6.07, 6.45) is 2.54. The van der Waals surface area contributed by atoms with E-state index in [1.165, 1.54) is 11.0 Å². The number of likely N-dealkylation sites (tertiary alicyclic amines) is 1. The van der Waals surface area contributed by atoms with Gasteiger partial charge in [0.2, 0.25) is 10.0 Å². The SMILES string of the molecule is CCN(C1CCN(C(C)c2ccccc2)C1)S(=O)(=O)C=Cc1ccccc1. The Kier molecular flexibility index (Phi) is 6.47. The molecule has 0 aliphatic carbocycles. The lowest BCUT2D eigenvalue weighted by Gasteiger charge is -2.28. The fraction of sp³-hybridized carbons (Fsp3) is 0.364. The minimum Gasteiger partial charge on any atom is -0.295 e. The van der Waals surface area contributed by atoms with E-state index in [4.69, 9.17) is 0 Å². The average Bonchev–Trinajstić information content (AvgIpc) is 3.17. The molecule has 1 aliphatic heterocycles. The summed E-state index contributed by atoms with van der Waals surface area (Å²) >= 11 is 0. The van der Waals surface area contributed by atoms with E-state index in [1.807, 2.05) is 43.3 Å². The molecule has 1 aliphatic rings. The van der Waals surface area contributed by atoms with Crippen molar-refractivity contribution in [1.29, 1.82) is 0 Å². The Morgan fingerprint density at radius 3 is 2.37 bits per heavy atom. The third-order valence-corrected chi connectivity index (χ3v) is 6.99. The van der Waals surface area contributed by atoms with Gasteiger partial charge in [-0.05, 0) is 30.5 Å². The second-order valence-corrected chi connectivity index (χ2v) is 8.76. The first-order chi connectivity index (χ1) is 13.0. The van der Waals surface area contributed by atoms with Crippen LogP contribution in [0.1, 0.15) is 37.4 Å². The fourth-order valence-corrected chi connectivity index (χ4v) is 5.18. The second kappa shape index (κ2) is 8.83. The molecule has 3 rings (SSSR count). The van der Waals surface area contributed by atoms with E-state index >= 15 is 0 Å². The average molecular weight is 385 g/mol. The minimum absolute atomic E-state index is 0.0200. The molecule has 0 amide bonds. The zero-order valence-corrected chi connectivity index (χ0v) is 16.8. The number of hydrogen-bond acceptors (Lipinski definition) is 3. The summed E-state index contributed by atoms with van der Waals surface area (Å²) in [6, 6.07) is 20.2. The summed E-state index contributed by atoms with van der Waals surface area (Å²) in [5.74, 6) is 0. The van der Waals surface area contributed by atoms with Crippen molar-refractivity contribution in [3.63, 3.8) is 0 Å². The summed E-state index contributed by atoms with van der Waals surface area (Å²) in [6.45, 7) is 6.27. The normalized spacial score (nSPS) is 19.7. The Hall–Kier alpha value is -1.95. The lowest BCUT2D eigenvalue weighted by molar-refractivity contribution is 0.240. The van der Waals surface area contributed by atoms with Crippen molar-refractivity contribution < 1.29 is 8.42 Å². The molecule has 2 aromatic carbocycles. The molecule has 0 N–H and O–H groups in total. The zero-order valence-electron chi connectivity index (χ0n) is 16.0. The van der Waals surface area contributed by atoms with Crippen LogP contribution >= 0.6 is 0 Å². The maximum absolute atomic E-state index is 12.9. The lowest BCUT2D eigenvalue weighted by atomic mass is 10.1. The molecule has 144 valence electrons. The van der Waals surface area contributed by atoms with Crippen molar-refractivity contribution in [2.75, 3.05) is 19.6 Å². The fourth-order valence-electron chi connectivity index (χ4n) is 3.75. The highest BCUT2D eigenvalue weighted by atomic mass is 32.2. The van der Waals surface area contributed by atoms with E-state index in [0.717, 1.165) is 25.1 Å². The van der Waals surface area contributed by atoms with Crippen molar-refractivity contribution >= 4 is 16.1 Å². The molecule has 0 saturated carbocycles. The number of benzene rings is 2. The molecular weight excluding hydrogens is 356 g/mol. The van der Waals surface area contributed by atoms with Gasteiger partial charge in [0.15, 0.2) is 0 Å². The van der Waals surface area contributed by atoms with Crippen LogP contribution in [-0.4, -0.2) is 43.3 Å². The largest absolute Gasteiger partial charge is 0.295 e. The molecule has 4 nitrogen and oxygen atoms in total. The van der Waals surface area contributed by atoms with Crippen LogP contribution in [0.15, 0.2) is 66.1 Å². The van der Waals surface area contributed by atoms with Crippen LogP contribution in [0.3, 0.4) is 0 Å². The number of rotatable bonds is 7. The quantitative estimate of drug-likeness (QED) is 0.720. The molecule has 5 heteroatoms. The summed E-state index contributed by atoms with van der Waals surface area (Å²) in [4.78, 5) is 2.37. The van der Waals surface area contributed by atoms with Crippen LogP contribution in [0.2, 0.25) is 0 Å². The van der Waals surface area contributed by atoms with Crippen molar-refractivity contribution in [3.8, 4) is 0 Å². The first-order valence-corrected chi connectivity index (χ1v) is 11.1. The number of hydrogen-bond donors (Lipinski definition) is 0. The summed E-state index contributed by atoms with van der Waals surface area (Å²) < 4.78 is 27.4. The molecule has 0 aromatic heterocycles. The third-order valence-electron chi connectivity index (χ3n) is 5.30. The minimum atomic E-state index is -3.44. The Morgan fingerprint density at radius 2 is 1.74 bits per heavy atom. The standard InChI is InChI=1S/C22H28N2O2S/c1-3-24(27(25,26)17-15-20-10-6-4-7-11-20)22-14-16-23(18-22)19(2)21-12-8-5-9-13-21/h4-13,15,17,19,22H,3,14,16,18H2,1-2H3. The van der Waals surface area contributed by atoms with Crippen molar-refractivity contribution in [2.24, 2.45) is 0 Å². The maximum atomic E-state index is 12.9. The van der Waals surface area contributed by atoms with Crippen molar-refractivity contribution in [2.45, 2.75) is 32.4 Å². The van der Waals surface area contributed by atoms with Gasteiger partial charge in [-0.15, -0.1) is 0 Å². The summed E-state index contributed by atoms with van der Waals surface area (Å²) in [5.41, 5.74) is 2.16. The van der Waals surface area contributed by atoms with Gasteiger partial charge in [-0.1, -0.05) is 67.6 Å². The molecule has 2 atom stereocenters. The van der Waals surface area contributed by atoms with Crippen LogP contribution in [-0.2, 0) is 10.0 Å². The van der Waals surface area contributed by atoms with Gasteiger partial charge in [-0.3, -0.25) is 4.90 Å². The van der Waals surface area contributed by atoms with Crippen LogP contribution in [0.5, 0.6) is 0 Å². The summed E-state index contributed by atoms with van der Waals surface area (Å²) in [5, 5.41) is 1.34. The van der Waals surface area contributed by atoms with Crippen LogP contribution < -0.4 is 0 Å². The third kappa shape index (κ3) is 4.86. The highest BCUT2D eigenvalue weighted by molar-refractivity contribution is 7.92. The van der Waals surface area contributed by atoms with Gasteiger partial charge < -0.3 is 0 Å². The molecule has 1 heterocycles. The Morgan fingerprint density at radius 1 is 1.11 bits per heavy atom. The molecule has 2 aromatic rings. The van der Waals surface area contributed by atoms with E-state index in [-0.39, 0.29) is 12.1 Å². The van der Waals surface area contributed by atoms with Gasteiger partial charge in [0.25, 0.3) is 0 Å². The molecule has 1 fully saturated rings. The number of likely N-dealkylation sites (N-methyl/N-ethyl adjacent to an activating group) is 1. The molecule has 0 radical (unpaired) electrons. The van der Waals surface area contributed by atoms with Crippen molar-refractivity contribution in [3.05, 3.63) is 77.2 Å². The van der Waals surface area contributed by atoms with E-state index in [9.17, 15) is 8.42 Å². The zero-order chi connectivity index (χ0) is 19.3. The van der Waals surface area contributed by atoms with E-state index in [2.05, 4.69) is 36.1 Å². The van der Waals surface area contributed by atoms with Crippen LogP contribution in [0.4, 0.5) is 0 Å². The second-order valence-electron chi connectivity index (χ2n) is 6.99. The van der Waals surface area contributed by atoms with Gasteiger partial charge in [0.1, 0.15) is 0 Å². The highest BCUT2D eigenvalue weighted by Gasteiger charge is 2.34. The van der Waals surface area contributed by atoms with E-state index in [0.29, 0.717) is 6.54 Å². The summed E-state index contributed by atoms with van der Waals surface area (Å²) in [7, 11) is -3.44. The predicted octanol–water partition coefficient (Wildman–Crippen LogP) is 4.14. The monoisotopic (exact) mass is 384 g/mol. The first kappa shape index (κ1) is 19.8. The van der Waals surface area contributed by atoms with E-state index < -0.39 is 10.0 Å². The predicted molar refractivity (Wildman–Crippen MR) is 112 cm³/mol. The van der Waals surface area contributed by atoms with Crippen LogP contribution in [0, 0.1) is 0 Å². The van der Waals surface area contributed by atoms with Gasteiger partial charge in [0, 0.05) is 37.1 Å². The van der Waals surface area contributed by atoms with Gasteiger partial charge >= 0.3 is 0 Å². The molecule has 27 heavy (non-hydrogen) atoms. The smallest absolute Gasteiger partial charge is 0.236 e. The maximum Gasteiger partial charge on any atom is 0.236 e. The van der Waals surface area contributed by atoms with Gasteiger partial charge in [-0.25, -0.2) is 8.42 Å². The highest BCUT2D eigenvalue weighted by Crippen LogP contribution is 2.28. The molecule has 0 bridgehead atoms. The topological polar surface area (TPSA) is 40.6 Å². The molecule has 0 spiro atoms. The van der Waals surface area contributed by atoms with Gasteiger partial charge in [0.05, 0.1) is 0 Å². The Balaban J connectivity index is 1.70. The lowest BCUT2D eigenvalue weighted by Crippen LogP contribution is -2.41. The molecule has 1 saturated heterocycles. The van der Waals surface area contributed by atoms with Crippen molar-refractivity contribution in [1.82, 2.24) is 9.21 Å². The van der Waals surface area contributed by atoms with Crippen LogP contribution in [0.25, 0.3) is 6.08 Å². The van der Waals surface area contributed by atoms with Gasteiger partial charge in [-0.2, -0.15) is 4.31 Å². The molecular formula is C22H28N2O2S. The molecule has 2 unspecified atom stereocenters. The number of nitrogens with zero attached hydrogens (tertiary/aromatic N) is 2. The van der Waals surface area contributed by atoms with E-state index in [1.54, 1.807) is 10.4 Å². The Labute approximate surface area is 163 Å².